The predicted octanol–water partition coefficient (Wildman–Crippen LogP) is 3.78. The van der Waals surface area contributed by atoms with Crippen molar-refractivity contribution in [1.82, 2.24) is 0 Å². The molecule has 0 radical (unpaired) electrons. The molecule has 0 aromatic heterocycles. The van der Waals surface area contributed by atoms with Gasteiger partial charge in [-0.05, 0) is 13.3 Å². The van der Waals surface area contributed by atoms with Crippen molar-refractivity contribution in [3.63, 3.8) is 0 Å². The zero-order valence-corrected chi connectivity index (χ0v) is 13.6. The first-order valence-electron chi connectivity index (χ1n) is 4.76. The molecule has 1 aromatic carbocycles. The summed E-state index contributed by atoms with van der Waals surface area (Å²) in [6.45, 7) is 4.36. The fourth-order valence-corrected chi connectivity index (χ4v) is 0.909. The van der Waals surface area contributed by atoms with E-state index in [4.69, 9.17) is 4.74 Å². The Balaban J connectivity index is 0.000000921. The third-order valence-electron chi connectivity index (χ3n) is 2.00. The summed E-state index contributed by atoms with van der Waals surface area (Å²) >= 11 is 4.25. The maximum atomic E-state index is 13.0. The SMILES string of the molecule is CCC(C)OCc1cc[c-]cc1F.[Zn+][Br]. The van der Waals surface area contributed by atoms with Crippen LogP contribution in [0.1, 0.15) is 25.8 Å². The van der Waals surface area contributed by atoms with Gasteiger partial charge in [-0.1, -0.05) is 12.5 Å². The third-order valence-corrected chi connectivity index (χ3v) is 2.00. The van der Waals surface area contributed by atoms with Crippen LogP contribution in [0.5, 0.6) is 0 Å². The zero-order valence-electron chi connectivity index (χ0n) is 9.09. The summed E-state index contributed by atoms with van der Waals surface area (Å²) in [6, 6.07) is 7.39. The van der Waals surface area contributed by atoms with Gasteiger partial charge < -0.3 is 4.74 Å². The van der Waals surface area contributed by atoms with Crippen molar-refractivity contribution in [2.45, 2.75) is 33.0 Å². The number of hydrogen-bond donors (Lipinski definition) is 0. The van der Waals surface area contributed by atoms with E-state index < -0.39 is 0 Å². The normalized spacial score (nSPS) is 11.6. The molecule has 0 N–H and O–H groups in total. The molecule has 1 rings (SSSR count). The van der Waals surface area contributed by atoms with Crippen molar-refractivity contribution < 1.29 is 25.5 Å². The Morgan fingerprint density at radius 3 is 2.80 bits per heavy atom. The van der Waals surface area contributed by atoms with Gasteiger partial charge in [0, 0.05) is 5.82 Å². The predicted molar refractivity (Wildman–Crippen MR) is 58.7 cm³/mol. The van der Waals surface area contributed by atoms with Crippen molar-refractivity contribution in [3.8, 4) is 0 Å². The van der Waals surface area contributed by atoms with Gasteiger partial charge in [0.25, 0.3) is 0 Å². The molecule has 4 heteroatoms. The van der Waals surface area contributed by atoms with Gasteiger partial charge in [0.2, 0.25) is 0 Å². The molecule has 1 atom stereocenters. The standard InChI is InChI=1S/C11H14FO.BrH.Zn/c1-3-9(2)13-8-10-6-4-5-7-11(10)12;;/h4,6-7,9H,3,8H2,1-2H3;1H;/q-1;;+2/p-1. The average molecular weight is 327 g/mol. The van der Waals surface area contributed by atoms with Crippen LogP contribution in [0.25, 0.3) is 0 Å². The van der Waals surface area contributed by atoms with Gasteiger partial charge in [0.1, 0.15) is 0 Å². The number of hydrogen-bond acceptors (Lipinski definition) is 1. The number of halogens is 2. The summed E-state index contributed by atoms with van der Waals surface area (Å²) < 4.78 is 18.4. The minimum absolute atomic E-state index is 0.184. The van der Waals surface area contributed by atoms with Crippen molar-refractivity contribution in [2.24, 2.45) is 0 Å². The van der Waals surface area contributed by atoms with E-state index >= 15 is 0 Å². The second-order valence-corrected chi connectivity index (χ2v) is 3.05. The van der Waals surface area contributed by atoms with E-state index in [0.29, 0.717) is 12.2 Å². The number of ether oxygens (including phenoxy) is 1. The van der Waals surface area contributed by atoms with Gasteiger partial charge in [-0.2, -0.15) is 18.2 Å². The van der Waals surface area contributed by atoms with E-state index in [0.717, 1.165) is 6.42 Å². The van der Waals surface area contributed by atoms with Gasteiger partial charge in [-0.15, -0.1) is 6.07 Å². The molecule has 1 unspecified atom stereocenters. The van der Waals surface area contributed by atoms with Crippen LogP contribution in [0.15, 0.2) is 18.2 Å². The van der Waals surface area contributed by atoms with E-state index in [1.54, 1.807) is 12.1 Å². The summed E-state index contributed by atoms with van der Waals surface area (Å²) in [5.41, 5.74) is 0.596. The summed E-state index contributed by atoms with van der Waals surface area (Å²) in [5, 5.41) is 0. The van der Waals surface area contributed by atoms with E-state index in [9.17, 15) is 4.39 Å². The van der Waals surface area contributed by atoms with Crippen LogP contribution in [0.4, 0.5) is 4.39 Å². The maximum absolute atomic E-state index is 13.0. The van der Waals surface area contributed by atoms with Gasteiger partial charge in [0.05, 0.1) is 12.7 Å². The van der Waals surface area contributed by atoms with Crippen molar-refractivity contribution in [1.29, 1.82) is 0 Å². The molecule has 0 amide bonds. The molecule has 0 aliphatic heterocycles. The van der Waals surface area contributed by atoms with Crippen LogP contribution in [0.2, 0.25) is 0 Å². The molecule has 0 heterocycles. The molecule has 1 nitrogen and oxygen atoms in total. The molecule has 0 bridgehead atoms. The molecule has 80 valence electrons. The number of benzene rings is 1. The van der Waals surface area contributed by atoms with Crippen LogP contribution in [0, 0.1) is 11.9 Å². The van der Waals surface area contributed by atoms with Crippen LogP contribution in [-0.4, -0.2) is 6.10 Å². The van der Waals surface area contributed by atoms with E-state index in [1.807, 2.05) is 13.8 Å². The number of rotatable bonds is 4. The topological polar surface area (TPSA) is 9.23 Å². The Labute approximate surface area is 107 Å². The fraction of sp³-hybridized carbons (Fsp3) is 0.455. The van der Waals surface area contributed by atoms with Crippen molar-refractivity contribution in [2.75, 3.05) is 0 Å². The summed E-state index contributed by atoms with van der Waals surface area (Å²) in [6.07, 6.45) is 1.13. The molecular weight excluding hydrogens is 312 g/mol. The van der Waals surface area contributed by atoms with Crippen LogP contribution in [0.3, 0.4) is 0 Å². The van der Waals surface area contributed by atoms with Crippen molar-refractivity contribution in [3.05, 3.63) is 35.6 Å². The molecular formula is C11H14BrFOZn. The van der Waals surface area contributed by atoms with Crippen LogP contribution >= 0.6 is 13.6 Å². The monoisotopic (exact) mass is 324 g/mol. The Hall–Kier alpha value is 0.213. The molecule has 0 saturated heterocycles. The van der Waals surface area contributed by atoms with E-state index in [2.05, 4.69) is 19.7 Å². The first-order chi connectivity index (χ1) is 7.24. The van der Waals surface area contributed by atoms with Gasteiger partial charge >= 0.3 is 30.0 Å². The van der Waals surface area contributed by atoms with E-state index in [-0.39, 0.29) is 11.9 Å². The second-order valence-electron chi connectivity index (χ2n) is 3.05. The average Bonchev–Trinajstić information content (AvgIpc) is 2.30. The fourth-order valence-electron chi connectivity index (χ4n) is 0.909. The molecule has 1 aromatic rings. The molecule has 0 spiro atoms. The molecule has 15 heavy (non-hydrogen) atoms. The van der Waals surface area contributed by atoms with E-state index in [1.165, 1.54) is 22.4 Å². The third kappa shape index (κ3) is 6.39. The zero-order chi connectivity index (χ0) is 11.7. The Morgan fingerprint density at radius 2 is 2.27 bits per heavy atom. The van der Waals surface area contributed by atoms with Crippen LogP contribution in [-0.2, 0) is 27.7 Å². The summed E-state index contributed by atoms with van der Waals surface area (Å²) in [5.74, 6) is -0.245. The summed E-state index contributed by atoms with van der Waals surface area (Å²) in [4.78, 5) is 0. The van der Waals surface area contributed by atoms with Gasteiger partial charge in [-0.3, -0.25) is 4.39 Å². The molecule has 0 saturated carbocycles. The Kier molecular flexibility index (Phi) is 9.57. The minimum atomic E-state index is -0.245. The second kappa shape index (κ2) is 9.44. The Morgan fingerprint density at radius 1 is 1.60 bits per heavy atom. The van der Waals surface area contributed by atoms with Crippen molar-refractivity contribution >= 4 is 13.6 Å². The molecule has 0 fully saturated rings. The van der Waals surface area contributed by atoms with Gasteiger partial charge in [-0.25, -0.2) is 0 Å². The summed E-state index contributed by atoms with van der Waals surface area (Å²) in [7, 11) is 0. The van der Waals surface area contributed by atoms with Crippen LogP contribution < -0.4 is 0 Å². The Bertz CT molecular complexity index is 271. The first-order valence-corrected chi connectivity index (χ1v) is 11.7. The van der Waals surface area contributed by atoms with Gasteiger partial charge in [0.15, 0.2) is 0 Å². The molecule has 0 aliphatic rings. The molecule has 0 aliphatic carbocycles. The first kappa shape index (κ1) is 15.2. The quantitative estimate of drug-likeness (QED) is 0.604.